The zero-order valence-corrected chi connectivity index (χ0v) is 13.9. The van der Waals surface area contributed by atoms with Gasteiger partial charge in [0.15, 0.2) is 6.61 Å². The van der Waals surface area contributed by atoms with Gasteiger partial charge in [-0.3, -0.25) is 4.79 Å². The molecule has 124 valence electrons. The van der Waals surface area contributed by atoms with Gasteiger partial charge in [0.2, 0.25) is 0 Å². The Kier molecular flexibility index (Phi) is 6.36. The van der Waals surface area contributed by atoms with Crippen LogP contribution in [0.15, 0.2) is 27.8 Å². The minimum absolute atomic E-state index is 0.0325. The fourth-order valence-corrected chi connectivity index (χ4v) is 2.44. The Morgan fingerprint density at radius 1 is 1.43 bits per heavy atom. The molecule has 1 aromatic rings. The standard InChI is InChI=1S/C14H17BrN4O4/c15-11-7-10(8-17-18-14(16)21)1-2-12(11)23-9-13(20)19-3-5-22-6-4-19/h1-2,7-8H,3-6,9H2,(H3,16,18,21)/b17-8-. The number of hydrogen-bond donors (Lipinski definition) is 2. The van der Waals surface area contributed by atoms with E-state index in [-0.39, 0.29) is 12.5 Å². The number of hydrogen-bond acceptors (Lipinski definition) is 5. The zero-order chi connectivity index (χ0) is 16.7. The quantitative estimate of drug-likeness (QED) is 0.575. The van der Waals surface area contributed by atoms with Crippen molar-refractivity contribution in [2.75, 3.05) is 32.9 Å². The van der Waals surface area contributed by atoms with E-state index in [0.717, 1.165) is 5.56 Å². The largest absolute Gasteiger partial charge is 0.483 e. The molecular weight excluding hydrogens is 368 g/mol. The van der Waals surface area contributed by atoms with Gasteiger partial charge in [0.1, 0.15) is 5.75 Å². The molecule has 0 aliphatic carbocycles. The number of halogens is 1. The average Bonchev–Trinajstić information content (AvgIpc) is 2.54. The van der Waals surface area contributed by atoms with E-state index in [0.29, 0.717) is 36.5 Å². The zero-order valence-electron chi connectivity index (χ0n) is 12.3. The molecule has 1 aliphatic rings. The Bertz CT molecular complexity index is 602. The molecule has 0 radical (unpaired) electrons. The average molecular weight is 385 g/mol. The van der Waals surface area contributed by atoms with Crippen LogP contribution in [0.4, 0.5) is 4.79 Å². The second-order valence-corrected chi connectivity index (χ2v) is 5.56. The highest BCUT2D eigenvalue weighted by Gasteiger charge is 2.17. The fraction of sp³-hybridized carbons (Fsp3) is 0.357. The van der Waals surface area contributed by atoms with Crippen molar-refractivity contribution in [3.63, 3.8) is 0 Å². The lowest BCUT2D eigenvalue weighted by molar-refractivity contribution is -0.137. The van der Waals surface area contributed by atoms with Gasteiger partial charge >= 0.3 is 6.03 Å². The number of nitrogens with zero attached hydrogens (tertiary/aromatic N) is 2. The van der Waals surface area contributed by atoms with E-state index in [2.05, 4.69) is 26.5 Å². The maximum atomic E-state index is 12.0. The Hall–Kier alpha value is -2.13. The van der Waals surface area contributed by atoms with Crippen molar-refractivity contribution in [2.24, 2.45) is 10.8 Å². The number of amides is 3. The van der Waals surface area contributed by atoms with E-state index in [1.54, 1.807) is 23.1 Å². The van der Waals surface area contributed by atoms with Crippen molar-refractivity contribution in [1.29, 1.82) is 0 Å². The molecule has 0 spiro atoms. The van der Waals surface area contributed by atoms with Gasteiger partial charge in [-0.1, -0.05) is 0 Å². The summed E-state index contributed by atoms with van der Waals surface area (Å²) >= 11 is 3.37. The smallest absolute Gasteiger partial charge is 0.332 e. The summed E-state index contributed by atoms with van der Waals surface area (Å²) in [7, 11) is 0. The van der Waals surface area contributed by atoms with Gasteiger partial charge in [-0.2, -0.15) is 5.10 Å². The molecule has 0 saturated carbocycles. The molecule has 3 amide bonds. The van der Waals surface area contributed by atoms with Crippen LogP contribution >= 0.6 is 15.9 Å². The first-order chi connectivity index (χ1) is 11.1. The van der Waals surface area contributed by atoms with Gasteiger partial charge in [-0.05, 0) is 39.7 Å². The van der Waals surface area contributed by atoms with E-state index in [4.69, 9.17) is 15.2 Å². The second kappa shape index (κ2) is 8.49. The Labute approximate surface area is 141 Å². The summed E-state index contributed by atoms with van der Waals surface area (Å²) in [4.78, 5) is 24.2. The minimum atomic E-state index is -0.734. The molecule has 3 N–H and O–H groups in total. The molecule has 1 heterocycles. The highest BCUT2D eigenvalue weighted by molar-refractivity contribution is 9.10. The number of urea groups is 1. The molecular formula is C14H17BrN4O4. The van der Waals surface area contributed by atoms with Crippen LogP contribution in [0.2, 0.25) is 0 Å². The third kappa shape index (κ3) is 5.53. The molecule has 2 rings (SSSR count). The Morgan fingerprint density at radius 3 is 2.83 bits per heavy atom. The van der Waals surface area contributed by atoms with Crippen LogP contribution < -0.4 is 15.9 Å². The van der Waals surface area contributed by atoms with Gasteiger partial charge in [0.05, 0.1) is 23.9 Å². The van der Waals surface area contributed by atoms with Crippen LogP contribution in [0.3, 0.4) is 0 Å². The summed E-state index contributed by atoms with van der Waals surface area (Å²) < 4.78 is 11.4. The predicted octanol–water partition coefficient (Wildman–Crippen LogP) is 0.689. The van der Waals surface area contributed by atoms with Crippen LogP contribution in [-0.4, -0.2) is 56.0 Å². The molecule has 23 heavy (non-hydrogen) atoms. The SMILES string of the molecule is NC(=O)N/N=C\c1ccc(OCC(=O)N2CCOCC2)c(Br)c1. The lowest BCUT2D eigenvalue weighted by Gasteiger charge is -2.26. The number of nitrogens with one attached hydrogen (secondary N) is 1. The number of carbonyl (C=O) groups excluding carboxylic acids is 2. The molecule has 0 bridgehead atoms. The first-order valence-electron chi connectivity index (χ1n) is 6.92. The number of carbonyl (C=O) groups is 2. The van der Waals surface area contributed by atoms with Gasteiger partial charge in [0, 0.05) is 13.1 Å². The fourth-order valence-electron chi connectivity index (χ4n) is 1.93. The summed E-state index contributed by atoms with van der Waals surface area (Å²) in [6.07, 6.45) is 1.44. The van der Waals surface area contributed by atoms with Crippen LogP contribution in [0.1, 0.15) is 5.56 Å². The van der Waals surface area contributed by atoms with Crippen molar-refractivity contribution in [3.8, 4) is 5.75 Å². The molecule has 9 heteroatoms. The molecule has 1 saturated heterocycles. The number of rotatable bonds is 5. The van der Waals surface area contributed by atoms with Crippen LogP contribution in [0.25, 0.3) is 0 Å². The number of ether oxygens (including phenoxy) is 2. The number of nitrogens with two attached hydrogens (primary N) is 1. The minimum Gasteiger partial charge on any atom is -0.483 e. The second-order valence-electron chi connectivity index (χ2n) is 4.71. The number of morpholine rings is 1. The highest BCUT2D eigenvalue weighted by Crippen LogP contribution is 2.25. The molecule has 0 aromatic heterocycles. The van der Waals surface area contributed by atoms with Crippen molar-refractivity contribution >= 4 is 34.1 Å². The number of hydrazone groups is 1. The van der Waals surface area contributed by atoms with E-state index in [1.165, 1.54) is 6.21 Å². The van der Waals surface area contributed by atoms with Crippen molar-refractivity contribution in [1.82, 2.24) is 10.3 Å². The van der Waals surface area contributed by atoms with Crippen molar-refractivity contribution in [3.05, 3.63) is 28.2 Å². The molecule has 8 nitrogen and oxygen atoms in total. The maximum Gasteiger partial charge on any atom is 0.332 e. The normalized spacial score (nSPS) is 14.7. The molecule has 1 aromatic carbocycles. The molecule has 0 atom stereocenters. The third-order valence-corrected chi connectivity index (χ3v) is 3.68. The first-order valence-corrected chi connectivity index (χ1v) is 7.72. The van der Waals surface area contributed by atoms with Gasteiger partial charge in [0.25, 0.3) is 5.91 Å². The van der Waals surface area contributed by atoms with E-state index < -0.39 is 6.03 Å². The van der Waals surface area contributed by atoms with Gasteiger partial charge < -0.3 is 20.1 Å². The number of benzene rings is 1. The van der Waals surface area contributed by atoms with Gasteiger partial charge in [-0.25, -0.2) is 10.2 Å². The van der Waals surface area contributed by atoms with Crippen molar-refractivity contribution < 1.29 is 19.1 Å². The summed E-state index contributed by atoms with van der Waals surface area (Å²) in [6, 6.07) is 4.47. The first kappa shape index (κ1) is 17.2. The lowest BCUT2D eigenvalue weighted by atomic mass is 10.2. The summed E-state index contributed by atoms with van der Waals surface area (Å²) in [5.74, 6) is 0.475. The topological polar surface area (TPSA) is 106 Å². The number of primary amides is 1. The summed E-state index contributed by atoms with van der Waals surface area (Å²) in [5, 5.41) is 3.66. The van der Waals surface area contributed by atoms with Crippen molar-refractivity contribution in [2.45, 2.75) is 0 Å². The van der Waals surface area contributed by atoms with Gasteiger partial charge in [-0.15, -0.1) is 0 Å². The van der Waals surface area contributed by atoms with Crippen LogP contribution in [0.5, 0.6) is 5.75 Å². The molecule has 1 aliphatic heterocycles. The molecule has 1 fully saturated rings. The maximum absolute atomic E-state index is 12.0. The lowest BCUT2D eigenvalue weighted by Crippen LogP contribution is -2.43. The monoisotopic (exact) mass is 384 g/mol. The third-order valence-electron chi connectivity index (χ3n) is 3.06. The summed E-state index contributed by atoms with van der Waals surface area (Å²) in [6.45, 7) is 2.26. The van der Waals surface area contributed by atoms with Crippen LogP contribution in [0, 0.1) is 0 Å². The van der Waals surface area contributed by atoms with Crippen LogP contribution in [-0.2, 0) is 9.53 Å². The Morgan fingerprint density at radius 2 is 2.17 bits per heavy atom. The summed E-state index contributed by atoms with van der Waals surface area (Å²) in [5.41, 5.74) is 7.74. The highest BCUT2D eigenvalue weighted by atomic mass is 79.9. The van der Waals surface area contributed by atoms with E-state index >= 15 is 0 Å². The van der Waals surface area contributed by atoms with E-state index in [9.17, 15) is 9.59 Å². The van der Waals surface area contributed by atoms with E-state index in [1.807, 2.05) is 0 Å². The Balaban J connectivity index is 1.89. The molecule has 0 unspecified atom stereocenters. The predicted molar refractivity (Wildman–Crippen MR) is 87.3 cm³/mol.